The average molecular weight is 535 g/mol. The van der Waals surface area contributed by atoms with Crippen molar-refractivity contribution in [3.8, 4) is 11.5 Å². The number of amides is 2. The Hall–Kier alpha value is -4.58. The zero-order chi connectivity index (χ0) is 27.6. The third-order valence-corrected chi connectivity index (χ3v) is 7.21. The number of hydrogen-bond donors (Lipinski definition) is 2. The van der Waals surface area contributed by atoms with Gasteiger partial charge in [0.2, 0.25) is 11.8 Å². The van der Waals surface area contributed by atoms with Crippen LogP contribution in [0.4, 0.5) is 11.4 Å². The second kappa shape index (κ2) is 13.5. The first-order chi connectivity index (χ1) is 19.6. The molecule has 1 aliphatic rings. The predicted octanol–water partition coefficient (Wildman–Crippen LogP) is 7.23. The number of ether oxygens (including phenoxy) is 2. The van der Waals surface area contributed by atoms with Gasteiger partial charge in [-0.1, -0.05) is 60.7 Å². The van der Waals surface area contributed by atoms with Gasteiger partial charge in [-0.3, -0.25) is 9.59 Å². The summed E-state index contributed by atoms with van der Waals surface area (Å²) in [5.74, 6) is 1.31. The van der Waals surface area contributed by atoms with Gasteiger partial charge in [0.05, 0.1) is 0 Å². The van der Waals surface area contributed by atoms with Crippen molar-refractivity contribution in [3.05, 3.63) is 120 Å². The maximum Gasteiger partial charge on any atom is 0.227 e. The van der Waals surface area contributed by atoms with E-state index in [1.54, 1.807) is 0 Å². The predicted molar refractivity (Wildman–Crippen MR) is 157 cm³/mol. The molecule has 0 aliphatic heterocycles. The molecule has 4 aromatic rings. The van der Waals surface area contributed by atoms with E-state index in [1.165, 1.54) is 0 Å². The lowest BCUT2D eigenvalue weighted by atomic mass is 9.81. The molecule has 6 heteroatoms. The van der Waals surface area contributed by atoms with Gasteiger partial charge >= 0.3 is 0 Å². The first kappa shape index (κ1) is 27.0. The number of nitrogens with one attached hydrogen (secondary N) is 2. The lowest BCUT2D eigenvalue weighted by molar-refractivity contribution is -0.125. The van der Waals surface area contributed by atoms with Gasteiger partial charge in [-0.25, -0.2) is 0 Å². The molecule has 0 unspecified atom stereocenters. The van der Waals surface area contributed by atoms with Gasteiger partial charge in [-0.05, 0) is 85.3 Å². The smallest absolute Gasteiger partial charge is 0.227 e. The summed E-state index contributed by atoms with van der Waals surface area (Å²) in [5.41, 5.74) is 3.69. The quantitative estimate of drug-likeness (QED) is 0.225. The highest BCUT2D eigenvalue weighted by Crippen LogP contribution is 2.31. The molecule has 0 bridgehead atoms. The van der Waals surface area contributed by atoms with Gasteiger partial charge in [0.1, 0.15) is 24.7 Å². The molecule has 204 valence electrons. The van der Waals surface area contributed by atoms with Crippen molar-refractivity contribution in [2.24, 2.45) is 11.8 Å². The maximum atomic E-state index is 12.9. The van der Waals surface area contributed by atoms with Crippen LogP contribution in [0.2, 0.25) is 0 Å². The van der Waals surface area contributed by atoms with Crippen LogP contribution in [-0.2, 0) is 22.8 Å². The second-order valence-electron chi connectivity index (χ2n) is 10.1. The van der Waals surface area contributed by atoms with E-state index in [1.807, 2.05) is 109 Å². The Balaban J connectivity index is 1.03. The highest BCUT2D eigenvalue weighted by Gasteiger charge is 2.30. The van der Waals surface area contributed by atoms with Crippen molar-refractivity contribution in [1.82, 2.24) is 0 Å². The highest BCUT2D eigenvalue weighted by atomic mass is 16.5. The van der Waals surface area contributed by atoms with Crippen LogP contribution in [0.3, 0.4) is 0 Å². The fraction of sp³-hybridized carbons (Fsp3) is 0.235. The Bertz CT molecular complexity index is 1260. The Morgan fingerprint density at radius 3 is 1.23 bits per heavy atom. The van der Waals surface area contributed by atoms with Crippen molar-refractivity contribution in [1.29, 1.82) is 0 Å². The van der Waals surface area contributed by atoms with E-state index in [4.69, 9.17) is 9.47 Å². The van der Waals surface area contributed by atoms with E-state index in [0.717, 1.165) is 34.0 Å². The molecule has 6 nitrogen and oxygen atoms in total. The zero-order valence-electron chi connectivity index (χ0n) is 22.4. The minimum atomic E-state index is -0.0981. The fourth-order valence-electron chi connectivity index (χ4n) is 4.86. The minimum absolute atomic E-state index is 0.00269. The summed E-state index contributed by atoms with van der Waals surface area (Å²) in [4.78, 5) is 25.7. The maximum absolute atomic E-state index is 12.9. The normalized spacial score (nSPS) is 16.5. The van der Waals surface area contributed by atoms with Crippen molar-refractivity contribution in [3.63, 3.8) is 0 Å². The minimum Gasteiger partial charge on any atom is -0.489 e. The van der Waals surface area contributed by atoms with Crippen LogP contribution in [0.5, 0.6) is 11.5 Å². The monoisotopic (exact) mass is 534 g/mol. The van der Waals surface area contributed by atoms with Crippen LogP contribution in [-0.4, -0.2) is 11.8 Å². The van der Waals surface area contributed by atoms with Crippen molar-refractivity contribution >= 4 is 23.2 Å². The second-order valence-corrected chi connectivity index (χ2v) is 10.1. The number of hydrogen-bond acceptors (Lipinski definition) is 4. The van der Waals surface area contributed by atoms with Crippen LogP contribution >= 0.6 is 0 Å². The summed E-state index contributed by atoms with van der Waals surface area (Å²) < 4.78 is 11.6. The van der Waals surface area contributed by atoms with E-state index in [2.05, 4.69) is 10.6 Å². The van der Waals surface area contributed by atoms with E-state index in [0.29, 0.717) is 38.9 Å². The fourth-order valence-corrected chi connectivity index (χ4v) is 4.86. The molecule has 0 aromatic heterocycles. The molecule has 0 saturated heterocycles. The van der Waals surface area contributed by atoms with Crippen molar-refractivity contribution < 1.29 is 19.1 Å². The van der Waals surface area contributed by atoms with E-state index in [9.17, 15) is 9.59 Å². The average Bonchev–Trinajstić information content (AvgIpc) is 3.01. The molecular weight excluding hydrogens is 500 g/mol. The third kappa shape index (κ3) is 7.73. The van der Waals surface area contributed by atoms with Gasteiger partial charge in [-0.15, -0.1) is 0 Å². The summed E-state index contributed by atoms with van der Waals surface area (Å²) >= 11 is 0. The molecule has 0 spiro atoms. The van der Waals surface area contributed by atoms with Gasteiger partial charge in [0.25, 0.3) is 0 Å². The molecule has 0 radical (unpaired) electrons. The zero-order valence-corrected chi connectivity index (χ0v) is 22.4. The Kier molecular flexibility index (Phi) is 9.09. The van der Waals surface area contributed by atoms with E-state index < -0.39 is 0 Å². The van der Waals surface area contributed by atoms with Crippen LogP contribution in [0.25, 0.3) is 0 Å². The van der Waals surface area contributed by atoms with Crippen LogP contribution in [0.15, 0.2) is 109 Å². The Morgan fingerprint density at radius 2 is 0.875 bits per heavy atom. The lowest BCUT2D eigenvalue weighted by Gasteiger charge is -2.27. The number of benzene rings is 4. The number of anilines is 2. The molecular formula is C34H34N2O4. The molecule has 4 aromatic carbocycles. The molecule has 1 fully saturated rings. The summed E-state index contributed by atoms with van der Waals surface area (Å²) in [5, 5.41) is 6.03. The summed E-state index contributed by atoms with van der Waals surface area (Å²) in [6.45, 7) is 0.996. The number of carbonyl (C=O) groups is 2. The molecule has 5 rings (SSSR count). The Morgan fingerprint density at radius 1 is 0.525 bits per heavy atom. The molecule has 1 aliphatic carbocycles. The first-order valence-corrected chi connectivity index (χ1v) is 13.8. The molecule has 0 atom stereocenters. The van der Waals surface area contributed by atoms with Gasteiger partial charge < -0.3 is 20.1 Å². The number of rotatable bonds is 10. The summed E-state index contributed by atoms with van der Waals surface area (Å²) in [6.07, 6.45) is 2.76. The van der Waals surface area contributed by atoms with Crippen molar-refractivity contribution in [2.45, 2.75) is 38.9 Å². The SMILES string of the molecule is O=C(Nc1ccc(OCc2ccccc2)cc1)C1CCC(C(=O)Nc2ccc(OCc3ccccc3)cc2)CC1. The molecule has 40 heavy (non-hydrogen) atoms. The molecule has 1 saturated carbocycles. The van der Waals surface area contributed by atoms with E-state index in [-0.39, 0.29) is 23.7 Å². The third-order valence-electron chi connectivity index (χ3n) is 7.21. The first-order valence-electron chi connectivity index (χ1n) is 13.8. The van der Waals surface area contributed by atoms with Crippen LogP contribution in [0, 0.1) is 11.8 Å². The van der Waals surface area contributed by atoms with Crippen LogP contribution < -0.4 is 20.1 Å². The van der Waals surface area contributed by atoms with Crippen LogP contribution in [0.1, 0.15) is 36.8 Å². The van der Waals surface area contributed by atoms with Gasteiger partial charge in [0.15, 0.2) is 0 Å². The largest absolute Gasteiger partial charge is 0.489 e. The Labute approximate surface area is 235 Å². The number of carbonyl (C=O) groups excluding carboxylic acids is 2. The molecule has 2 N–H and O–H groups in total. The van der Waals surface area contributed by atoms with Crippen molar-refractivity contribution in [2.75, 3.05) is 10.6 Å². The molecule has 2 amide bonds. The topological polar surface area (TPSA) is 76.7 Å². The van der Waals surface area contributed by atoms with E-state index >= 15 is 0 Å². The van der Waals surface area contributed by atoms with Gasteiger partial charge in [-0.2, -0.15) is 0 Å². The van der Waals surface area contributed by atoms with Gasteiger partial charge in [0, 0.05) is 23.2 Å². The lowest BCUT2D eigenvalue weighted by Crippen LogP contribution is -2.32. The highest BCUT2D eigenvalue weighted by molar-refractivity contribution is 5.94. The molecule has 0 heterocycles. The summed E-state index contributed by atoms with van der Waals surface area (Å²) in [7, 11) is 0. The standard InChI is InChI=1S/C34H34N2O4/c37-33(35-29-15-19-31(20-16-29)39-23-25-7-3-1-4-8-25)27-11-13-28(14-12-27)34(38)36-30-17-21-32(22-18-30)40-24-26-9-5-2-6-10-26/h1-10,15-22,27-28H,11-14,23-24H2,(H,35,37)(H,36,38). The summed E-state index contributed by atoms with van der Waals surface area (Å²) in [6, 6.07) is 34.9.